The Hall–Kier alpha value is -1.81. The SMILES string of the molecule is CCc1c(N)ncnc1N(C)Cc1ccc(Cl)cc1. The standard InChI is InChI=1S/C14H17ClN4/c1-3-12-13(16)17-9-18-14(12)19(2)8-10-4-6-11(15)7-5-10/h4-7,9H,3,8H2,1-2H3,(H2,16,17,18). The monoisotopic (exact) mass is 276 g/mol. The summed E-state index contributed by atoms with van der Waals surface area (Å²) in [7, 11) is 2.00. The predicted molar refractivity (Wildman–Crippen MR) is 79.4 cm³/mol. The summed E-state index contributed by atoms with van der Waals surface area (Å²) in [4.78, 5) is 10.4. The van der Waals surface area contributed by atoms with Crippen molar-refractivity contribution in [2.75, 3.05) is 17.7 Å². The van der Waals surface area contributed by atoms with E-state index >= 15 is 0 Å². The van der Waals surface area contributed by atoms with E-state index in [4.69, 9.17) is 17.3 Å². The minimum Gasteiger partial charge on any atom is -0.383 e. The second-order valence-electron chi connectivity index (χ2n) is 4.40. The molecule has 0 saturated heterocycles. The molecule has 0 aliphatic carbocycles. The number of nitrogen functional groups attached to an aromatic ring is 1. The molecule has 0 aliphatic rings. The largest absolute Gasteiger partial charge is 0.383 e. The Morgan fingerprint density at radius 3 is 2.53 bits per heavy atom. The lowest BCUT2D eigenvalue weighted by Gasteiger charge is -2.21. The van der Waals surface area contributed by atoms with Gasteiger partial charge in [0.2, 0.25) is 0 Å². The zero-order valence-electron chi connectivity index (χ0n) is 11.1. The molecule has 1 heterocycles. The summed E-state index contributed by atoms with van der Waals surface area (Å²) < 4.78 is 0. The first-order chi connectivity index (χ1) is 9.11. The lowest BCUT2D eigenvalue weighted by molar-refractivity contribution is 0.873. The van der Waals surface area contributed by atoms with Gasteiger partial charge in [0.25, 0.3) is 0 Å². The lowest BCUT2D eigenvalue weighted by atomic mass is 10.2. The molecule has 2 rings (SSSR count). The summed E-state index contributed by atoms with van der Waals surface area (Å²) in [6.45, 7) is 2.80. The molecular formula is C14H17ClN4. The molecule has 0 amide bonds. The Morgan fingerprint density at radius 1 is 1.21 bits per heavy atom. The van der Waals surface area contributed by atoms with E-state index in [2.05, 4.69) is 21.8 Å². The first-order valence-electron chi connectivity index (χ1n) is 6.16. The van der Waals surface area contributed by atoms with Gasteiger partial charge >= 0.3 is 0 Å². The first-order valence-corrected chi connectivity index (χ1v) is 6.54. The molecule has 0 atom stereocenters. The third kappa shape index (κ3) is 3.15. The van der Waals surface area contributed by atoms with Crippen molar-refractivity contribution in [3.63, 3.8) is 0 Å². The van der Waals surface area contributed by atoms with E-state index in [9.17, 15) is 0 Å². The van der Waals surface area contributed by atoms with Crippen molar-refractivity contribution in [1.29, 1.82) is 0 Å². The van der Waals surface area contributed by atoms with E-state index in [1.165, 1.54) is 11.9 Å². The second kappa shape index (κ2) is 5.89. The predicted octanol–water partition coefficient (Wildman–Crippen LogP) is 2.91. The van der Waals surface area contributed by atoms with Gasteiger partial charge in [-0.3, -0.25) is 0 Å². The zero-order chi connectivity index (χ0) is 13.8. The van der Waals surface area contributed by atoms with Crippen LogP contribution in [0.4, 0.5) is 11.6 Å². The fraction of sp³-hybridized carbons (Fsp3) is 0.286. The van der Waals surface area contributed by atoms with Gasteiger partial charge in [-0.2, -0.15) is 0 Å². The Kier molecular flexibility index (Phi) is 4.22. The van der Waals surface area contributed by atoms with Crippen LogP contribution in [0.2, 0.25) is 5.02 Å². The molecule has 0 saturated carbocycles. The van der Waals surface area contributed by atoms with E-state index in [1.54, 1.807) is 0 Å². The molecule has 1 aromatic carbocycles. The molecule has 2 aromatic rings. The van der Waals surface area contributed by atoms with Crippen molar-refractivity contribution in [3.05, 3.63) is 46.7 Å². The number of anilines is 2. The van der Waals surface area contributed by atoms with Crippen molar-refractivity contribution in [3.8, 4) is 0 Å². The maximum atomic E-state index is 5.89. The van der Waals surface area contributed by atoms with Crippen LogP contribution in [-0.4, -0.2) is 17.0 Å². The third-order valence-corrected chi connectivity index (χ3v) is 3.26. The maximum absolute atomic E-state index is 5.89. The Labute approximate surface area is 118 Å². The molecule has 5 heteroatoms. The van der Waals surface area contributed by atoms with Crippen LogP contribution >= 0.6 is 11.6 Å². The van der Waals surface area contributed by atoms with Crippen LogP contribution in [-0.2, 0) is 13.0 Å². The summed E-state index contributed by atoms with van der Waals surface area (Å²) in [5, 5.41) is 0.743. The molecule has 1 aromatic heterocycles. The molecule has 0 aliphatic heterocycles. The topological polar surface area (TPSA) is 55.0 Å². The van der Waals surface area contributed by atoms with Crippen LogP contribution in [0.5, 0.6) is 0 Å². The quantitative estimate of drug-likeness (QED) is 0.933. The van der Waals surface area contributed by atoms with Gasteiger partial charge in [-0.15, -0.1) is 0 Å². The minimum atomic E-state index is 0.551. The summed E-state index contributed by atoms with van der Waals surface area (Å²) >= 11 is 5.88. The van der Waals surface area contributed by atoms with Gasteiger partial charge in [0, 0.05) is 24.2 Å². The van der Waals surface area contributed by atoms with Gasteiger partial charge in [0.05, 0.1) is 0 Å². The highest BCUT2D eigenvalue weighted by atomic mass is 35.5. The van der Waals surface area contributed by atoms with Crippen LogP contribution in [0, 0.1) is 0 Å². The molecule has 4 nitrogen and oxygen atoms in total. The zero-order valence-corrected chi connectivity index (χ0v) is 11.9. The number of hydrogen-bond acceptors (Lipinski definition) is 4. The molecule has 0 spiro atoms. The maximum Gasteiger partial charge on any atom is 0.137 e. The third-order valence-electron chi connectivity index (χ3n) is 3.00. The summed E-state index contributed by atoms with van der Waals surface area (Å²) in [6.07, 6.45) is 2.31. The normalized spacial score (nSPS) is 10.5. The number of benzene rings is 1. The smallest absolute Gasteiger partial charge is 0.137 e. The molecule has 0 bridgehead atoms. The Morgan fingerprint density at radius 2 is 1.89 bits per heavy atom. The summed E-state index contributed by atoms with van der Waals surface area (Å²) in [5.41, 5.74) is 8.05. The fourth-order valence-corrected chi connectivity index (χ4v) is 2.15. The van der Waals surface area contributed by atoms with Gasteiger partial charge < -0.3 is 10.6 Å². The Bertz CT molecular complexity index is 554. The number of nitrogens with zero attached hydrogens (tertiary/aromatic N) is 3. The highest BCUT2D eigenvalue weighted by Gasteiger charge is 2.11. The molecule has 0 unspecified atom stereocenters. The lowest BCUT2D eigenvalue weighted by Crippen LogP contribution is -2.20. The number of halogens is 1. The Balaban J connectivity index is 2.22. The molecule has 0 radical (unpaired) electrons. The number of aromatic nitrogens is 2. The first kappa shape index (κ1) is 13.6. The molecule has 100 valence electrons. The summed E-state index contributed by atoms with van der Waals surface area (Å²) in [6, 6.07) is 7.80. The fourth-order valence-electron chi connectivity index (χ4n) is 2.02. The van der Waals surface area contributed by atoms with Crippen LogP contribution in [0.3, 0.4) is 0 Å². The van der Waals surface area contributed by atoms with E-state index < -0.39 is 0 Å². The van der Waals surface area contributed by atoms with Crippen LogP contribution < -0.4 is 10.6 Å². The van der Waals surface area contributed by atoms with Crippen molar-refractivity contribution in [1.82, 2.24) is 9.97 Å². The highest BCUT2D eigenvalue weighted by Crippen LogP contribution is 2.22. The minimum absolute atomic E-state index is 0.551. The number of hydrogen-bond donors (Lipinski definition) is 1. The summed E-state index contributed by atoms with van der Waals surface area (Å²) in [5.74, 6) is 1.43. The van der Waals surface area contributed by atoms with Gasteiger partial charge in [0.1, 0.15) is 18.0 Å². The van der Waals surface area contributed by atoms with Gasteiger partial charge in [-0.1, -0.05) is 30.7 Å². The van der Waals surface area contributed by atoms with Crippen LogP contribution in [0.25, 0.3) is 0 Å². The van der Waals surface area contributed by atoms with Gasteiger partial charge in [-0.05, 0) is 24.1 Å². The molecule has 2 N–H and O–H groups in total. The van der Waals surface area contributed by atoms with Crippen molar-refractivity contribution < 1.29 is 0 Å². The van der Waals surface area contributed by atoms with E-state index in [1.807, 2.05) is 31.3 Å². The average molecular weight is 277 g/mol. The van der Waals surface area contributed by atoms with E-state index in [0.29, 0.717) is 5.82 Å². The van der Waals surface area contributed by atoms with Crippen molar-refractivity contribution >= 4 is 23.2 Å². The van der Waals surface area contributed by atoms with E-state index in [-0.39, 0.29) is 0 Å². The number of nitrogens with two attached hydrogens (primary N) is 1. The highest BCUT2D eigenvalue weighted by molar-refractivity contribution is 6.30. The average Bonchev–Trinajstić information content (AvgIpc) is 2.41. The second-order valence-corrected chi connectivity index (χ2v) is 4.83. The number of rotatable bonds is 4. The molecule has 0 fully saturated rings. The van der Waals surface area contributed by atoms with Crippen LogP contribution in [0.1, 0.15) is 18.1 Å². The van der Waals surface area contributed by atoms with E-state index in [0.717, 1.165) is 29.4 Å². The molecular weight excluding hydrogens is 260 g/mol. The van der Waals surface area contributed by atoms with Gasteiger partial charge in [0.15, 0.2) is 0 Å². The van der Waals surface area contributed by atoms with Gasteiger partial charge in [-0.25, -0.2) is 9.97 Å². The van der Waals surface area contributed by atoms with Crippen molar-refractivity contribution in [2.24, 2.45) is 0 Å². The van der Waals surface area contributed by atoms with Crippen LogP contribution in [0.15, 0.2) is 30.6 Å². The molecule has 19 heavy (non-hydrogen) atoms. The van der Waals surface area contributed by atoms with Crippen molar-refractivity contribution in [2.45, 2.75) is 19.9 Å².